The highest BCUT2D eigenvalue weighted by Crippen LogP contribution is 2.06. The summed E-state index contributed by atoms with van der Waals surface area (Å²) in [5.74, 6) is -0.567. The van der Waals surface area contributed by atoms with Crippen LogP contribution in [0.3, 0.4) is 0 Å². The maximum Gasteiger partial charge on any atom is 0.322 e. The first-order chi connectivity index (χ1) is 7.76. The summed E-state index contributed by atoms with van der Waals surface area (Å²) in [5.41, 5.74) is 2.52. The summed E-state index contributed by atoms with van der Waals surface area (Å²) < 4.78 is 0. The maximum atomic E-state index is 10.7. The Morgan fingerprint density at radius 2 is 1.81 bits per heavy atom. The van der Waals surface area contributed by atoms with Crippen LogP contribution in [0.5, 0.6) is 0 Å². The third-order valence-electron chi connectivity index (χ3n) is 2.36. The molecule has 1 rings (SSSR count). The molecule has 0 unspecified atom stereocenters. The predicted molar refractivity (Wildman–Crippen MR) is 62.8 cm³/mol. The van der Waals surface area contributed by atoms with E-state index in [0.717, 1.165) is 19.3 Å². The second-order valence-corrected chi connectivity index (χ2v) is 3.68. The van der Waals surface area contributed by atoms with Crippen LogP contribution in [0.4, 0.5) is 0 Å². The molecule has 84 valence electrons. The smallest absolute Gasteiger partial charge is 0.322 e. The van der Waals surface area contributed by atoms with Gasteiger partial charge in [0.25, 0.3) is 0 Å². The summed E-state index contributed by atoms with van der Waals surface area (Å²) in [7, 11) is 0. The molecule has 0 fully saturated rings. The molecule has 1 N–H and O–H groups in total. The number of rotatable bonds is 5. The molecule has 16 heavy (non-hydrogen) atoms. The fraction of sp³-hybridized carbons (Fsp3) is 0.385. The van der Waals surface area contributed by atoms with Gasteiger partial charge in [-0.05, 0) is 24.0 Å². The first kappa shape index (κ1) is 12.3. The number of hydrogen-bond acceptors (Lipinski definition) is 2. The van der Waals surface area contributed by atoms with Gasteiger partial charge in [0.15, 0.2) is 6.07 Å². The molecule has 0 bridgehead atoms. The average molecular weight is 216 g/mol. The van der Waals surface area contributed by atoms with Crippen molar-refractivity contribution in [1.82, 2.24) is 5.32 Å². The van der Waals surface area contributed by atoms with Gasteiger partial charge >= 0.3 is 5.91 Å². The number of hydrogen-bond donors (Lipinski definition) is 1. The van der Waals surface area contributed by atoms with Gasteiger partial charge in [0.1, 0.15) is 0 Å². The van der Waals surface area contributed by atoms with Crippen molar-refractivity contribution in [3.8, 4) is 6.07 Å². The van der Waals surface area contributed by atoms with E-state index in [1.807, 2.05) is 0 Å². The summed E-state index contributed by atoms with van der Waals surface area (Å²) in [6, 6.07) is 9.90. The van der Waals surface area contributed by atoms with E-state index in [1.54, 1.807) is 0 Å². The lowest BCUT2D eigenvalue weighted by atomic mass is 10.1. The monoisotopic (exact) mass is 216 g/mol. The molecule has 0 spiro atoms. The van der Waals surface area contributed by atoms with Crippen molar-refractivity contribution in [1.29, 1.82) is 5.26 Å². The van der Waals surface area contributed by atoms with Gasteiger partial charge in [0.05, 0.1) is 0 Å². The summed E-state index contributed by atoms with van der Waals surface area (Å²) in [6.45, 7) is 2.67. The zero-order valence-corrected chi connectivity index (χ0v) is 9.49. The number of aryl methyl sites for hydroxylation is 1. The molecular formula is C13H16N2O. The van der Waals surface area contributed by atoms with Crippen molar-refractivity contribution in [3.63, 3.8) is 0 Å². The Morgan fingerprint density at radius 3 is 2.31 bits per heavy atom. The number of nitrogens with one attached hydrogen (secondary N) is 1. The van der Waals surface area contributed by atoms with Crippen LogP contribution >= 0.6 is 0 Å². The van der Waals surface area contributed by atoms with Gasteiger partial charge in [0.2, 0.25) is 0 Å². The van der Waals surface area contributed by atoms with Gasteiger partial charge in [-0.1, -0.05) is 37.6 Å². The molecule has 0 heterocycles. The van der Waals surface area contributed by atoms with Crippen LogP contribution < -0.4 is 5.32 Å². The van der Waals surface area contributed by atoms with E-state index in [9.17, 15) is 4.79 Å². The number of carbonyl (C=O) groups is 1. The highest BCUT2D eigenvalue weighted by Gasteiger charge is 1.97. The Morgan fingerprint density at radius 1 is 1.25 bits per heavy atom. The van der Waals surface area contributed by atoms with Gasteiger partial charge in [0, 0.05) is 6.54 Å². The minimum Gasteiger partial charge on any atom is -0.343 e. The number of amides is 1. The maximum absolute atomic E-state index is 10.7. The SMILES string of the molecule is CCCc1ccc(CCNC(=O)C#N)cc1. The Labute approximate surface area is 96.1 Å². The number of nitrogens with zero attached hydrogens (tertiary/aromatic N) is 1. The van der Waals surface area contributed by atoms with Gasteiger partial charge in [-0.25, -0.2) is 0 Å². The van der Waals surface area contributed by atoms with E-state index >= 15 is 0 Å². The third-order valence-corrected chi connectivity index (χ3v) is 2.36. The Hall–Kier alpha value is -1.82. The van der Waals surface area contributed by atoms with Crippen LogP contribution in [0.2, 0.25) is 0 Å². The van der Waals surface area contributed by atoms with Crippen LogP contribution in [0.1, 0.15) is 24.5 Å². The van der Waals surface area contributed by atoms with Crippen molar-refractivity contribution in [2.24, 2.45) is 0 Å². The second kappa shape index (κ2) is 6.62. The molecule has 0 saturated carbocycles. The Balaban J connectivity index is 2.38. The molecule has 0 aliphatic heterocycles. The summed E-state index contributed by atoms with van der Waals surface area (Å²) in [6.07, 6.45) is 3.02. The van der Waals surface area contributed by atoms with E-state index in [2.05, 4.69) is 36.5 Å². The molecular weight excluding hydrogens is 200 g/mol. The fourth-order valence-corrected chi connectivity index (χ4v) is 1.52. The van der Waals surface area contributed by atoms with Crippen molar-refractivity contribution in [2.45, 2.75) is 26.2 Å². The standard InChI is InChI=1S/C13H16N2O/c1-2-3-11-4-6-12(7-5-11)8-9-15-13(16)10-14/h4-7H,2-3,8-9H2,1H3,(H,15,16). The Kier molecular flexibility index (Phi) is 5.07. The van der Waals surface area contributed by atoms with Gasteiger partial charge in [-0.2, -0.15) is 5.26 Å². The third kappa shape index (κ3) is 4.14. The van der Waals surface area contributed by atoms with Crippen molar-refractivity contribution >= 4 is 5.91 Å². The number of benzene rings is 1. The predicted octanol–water partition coefficient (Wildman–Crippen LogP) is 1.82. The second-order valence-electron chi connectivity index (χ2n) is 3.68. The lowest BCUT2D eigenvalue weighted by Crippen LogP contribution is -2.23. The molecule has 0 aliphatic carbocycles. The molecule has 0 aromatic heterocycles. The van der Waals surface area contributed by atoms with Gasteiger partial charge in [-0.3, -0.25) is 4.79 Å². The zero-order valence-electron chi connectivity index (χ0n) is 9.49. The lowest BCUT2D eigenvalue weighted by Gasteiger charge is -2.03. The highest BCUT2D eigenvalue weighted by molar-refractivity contribution is 5.91. The minimum absolute atomic E-state index is 0.513. The van der Waals surface area contributed by atoms with E-state index in [4.69, 9.17) is 5.26 Å². The molecule has 3 nitrogen and oxygen atoms in total. The van der Waals surface area contributed by atoms with Crippen LogP contribution in [0.15, 0.2) is 24.3 Å². The molecule has 0 aliphatic rings. The van der Waals surface area contributed by atoms with E-state index in [1.165, 1.54) is 17.2 Å². The van der Waals surface area contributed by atoms with E-state index < -0.39 is 5.91 Å². The van der Waals surface area contributed by atoms with Crippen molar-refractivity contribution in [2.75, 3.05) is 6.54 Å². The minimum atomic E-state index is -0.567. The molecule has 0 radical (unpaired) electrons. The van der Waals surface area contributed by atoms with Crippen LogP contribution in [0, 0.1) is 11.3 Å². The molecule has 1 aromatic rings. The topological polar surface area (TPSA) is 52.9 Å². The van der Waals surface area contributed by atoms with Gasteiger partial charge < -0.3 is 5.32 Å². The average Bonchev–Trinajstić information content (AvgIpc) is 2.31. The Bertz CT molecular complexity index is 376. The van der Waals surface area contributed by atoms with Gasteiger partial charge in [-0.15, -0.1) is 0 Å². The fourth-order valence-electron chi connectivity index (χ4n) is 1.52. The van der Waals surface area contributed by atoms with E-state index in [-0.39, 0.29) is 0 Å². The summed E-state index contributed by atoms with van der Waals surface area (Å²) in [4.78, 5) is 10.7. The van der Waals surface area contributed by atoms with Crippen molar-refractivity contribution < 1.29 is 4.79 Å². The van der Waals surface area contributed by atoms with Crippen molar-refractivity contribution in [3.05, 3.63) is 35.4 Å². The normalized spacial score (nSPS) is 9.50. The zero-order chi connectivity index (χ0) is 11.8. The highest BCUT2D eigenvalue weighted by atomic mass is 16.1. The summed E-state index contributed by atoms with van der Waals surface area (Å²) in [5, 5.41) is 10.8. The molecule has 1 amide bonds. The van der Waals surface area contributed by atoms with E-state index in [0.29, 0.717) is 6.54 Å². The number of carbonyl (C=O) groups excluding carboxylic acids is 1. The molecule has 3 heteroatoms. The van der Waals surface area contributed by atoms with Crippen LogP contribution in [-0.2, 0) is 17.6 Å². The quantitative estimate of drug-likeness (QED) is 0.763. The van der Waals surface area contributed by atoms with Crippen LogP contribution in [-0.4, -0.2) is 12.5 Å². The van der Waals surface area contributed by atoms with Crippen LogP contribution in [0.25, 0.3) is 0 Å². The lowest BCUT2D eigenvalue weighted by molar-refractivity contribution is -0.115. The first-order valence-corrected chi connectivity index (χ1v) is 5.52. The molecule has 0 saturated heterocycles. The largest absolute Gasteiger partial charge is 0.343 e. The first-order valence-electron chi connectivity index (χ1n) is 5.52. The summed E-state index contributed by atoms with van der Waals surface area (Å²) >= 11 is 0. The molecule has 1 aromatic carbocycles. The molecule has 0 atom stereocenters. The number of nitriles is 1.